The zero-order valence-electron chi connectivity index (χ0n) is 10.9. The maximum atomic E-state index is 13.2. The third kappa shape index (κ3) is 3.43. The van der Waals surface area contributed by atoms with Gasteiger partial charge >= 0.3 is 0 Å². The van der Waals surface area contributed by atoms with Gasteiger partial charge in [-0.2, -0.15) is 0 Å². The third-order valence-corrected chi connectivity index (χ3v) is 2.80. The Kier molecular flexibility index (Phi) is 5.09. The molecular weight excluding hydrogens is 235 g/mol. The molecule has 100 valence electrons. The Morgan fingerprint density at radius 3 is 2.78 bits per heavy atom. The maximum Gasteiger partial charge on any atom is 0.226 e. The lowest BCUT2D eigenvalue weighted by Gasteiger charge is -2.21. The van der Waals surface area contributed by atoms with Crippen LogP contribution in [-0.2, 0) is 11.3 Å². The van der Waals surface area contributed by atoms with Crippen LogP contribution in [0.25, 0.3) is 0 Å². The van der Waals surface area contributed by atoms with Crippen LogP contribution in [0.3, 0.4) is 0 Å². The quantitative estimate of drug-likeness (QED) is 0.863. The highest BCUT2D eigenvalue weighted by atomic mass is 19.1. The lowest BCUT2D eigenvalue weighted by molar-refractivity contribution is -0.133. The van der Waals surface area contributed by atoms with Crippen LogP contribution in [0.5, 0.6) is 5.75 Å². The topological polar surface area (TPSA) is 55.6 Å². The molecule has 0 aliphatic heterocycles. The third-order valence-electron chi connectivity index (χ3n) is 2.80. The van der Waals surface area contributed by atoms with Crippen LogP contribution in [-0.4, -0.2) is 31.5 Å². The first-order valence-electron chi connectivity index (χ1n) is 5.77. The minimum absolute atomic E-state index is 0.0659. The Balaban J connectivity index is 2.83. The zero-order chi connectivity index (χ0) is 13.7. The average molecular weight is 254 g/mol. The molecule has 0 aliphatic rings. The van der Waals surface area contributed by atoms with E-state index in [1.807, 2.05) is 0 Å². The molecule has 0 spiro atoms. The summed E-state index contributed by atoms with van der Waals surface area (Å²) < 4.78 is 18.3. The summed E-state index contributed by atoms with van der Waals surface area (Å²) in [5, 5.41) is 0. The minimum atomic E-state index is -0.349. The molecule has 0 aromatic heterocycles. The molecular formula is C13H19FN2O2. The van der Waals surface area contributed by atoms with Crippen molar-refractivity contribution in [2.24, 2.45) is 11.7 Å². The Labute approximate surface area is 107 Å². The predicted molar refractivity (Wildman–Crippen MR) is 67.6 cm³/mol. The molecule has 0 aliphatic carbocycles. The second kappa shape index (κ2) is 6.35. The highest BCUT2D eigenvalue weighted by Gasteiger charge is 2.17. The van der Waals surface area contributed by atoms with E-state index in [-0.39, 0.29) is 17.6 Å². The van der Waals surface area contributed by atoms with Crippen molar-refractivity contribution in [2.45, 2.75) is 13.5 Å². The number of nitrogens with zero attached hydrogens (tertiary/aromatic N) is 1. The van der Waals surface area contributed by atoms with Gasteiger partial charge in [-0.25, -0.2) is 4.39 Å². The molecule has 1 unspecified atom stereocenters. The number of ether oxygens (including phenoxy) is 1. The van der Waals surface area contributed by atoms with Crippen LogP contribution in [0.4, 0.5) is 4.39 Å². The zero-order valence-corrected chi connectivity index (χ0v) is 10.9. The maximum absolute atomic E-state index is 13.2. The lowest BCUT2D eigenvalue weighted by Crippen LogP contribution is -2.34. The first-order valence-corrected chi connectivity index (χ1v) is 5.77. The fourth-order valence-corrected chi connectivity index (χ4v) is 1.68. The monoisotopic (exact) mass is 254 g/mol. The number of benzene rings is 1. The van der Waals surface area contributed by atoms with Crippen molar-refractivity contribution in [2.75, 3.05) is 20.7 Å². The molecule has 2 N–H and O–H groups in total. The minimum Gasteiger partial charge on any atom is -0.496 e. The van der Waals surface area contributed by atoms with Crippen molar-refractivity contribution in [3.05, 3.63) is 29.6 Å². The summed E-state index contributed by atoms with van der Waals surface area (Å²) >= 11 is 0. The van der Waals surface area contributed by atoms with E-state index < -0.39 is 0 Å². The van der Waals surface area contributed by atoms with E-state index in [2.05, 4.69) is 0 Å². The number of halogens is 1. The van der Waals surface area contributed by atoms with Crippen LogP contribution < -0.4 is 10.5 Å². The van der Waals surface area contributed by atoms with E-state index in [1.54, 1.807) is 20.0 Å². The van der Waals surface area contributed by atoms with Crippen LogP contribution in [0.2, 0.25) is 0 Å². The van der Waals surface area contributed by atoms with Crippen LogP contribution in [0.1, 0.15) is 12.5 Å². The molecule has 0 radical (unpaired) electrons. The van der Waals surface area contributed by atoms with Gasteiger partial charge in [-0.3, -0.25) is 4.79 Å². The number of hydrogen-bond acceptors (Lipinski definition) is 3. The summed E-state index contributed by atoms with van der Waals surface area (Å²) in [6.07, 6.45) is 0. The Morgan fingerprint density at radius 1 is 1.56 bits per heavy atom. The molecule has 0 saturated heterocycles. The van der Waals surface area contributed by atoms with Crippen molar-refractivity contribution in [1.82, 2.24) is 4.90 Å². The first-order chi connectivity index (χ1) is 8.49. The van der Waals surface area contributed by atoms with Gasteiger partial charge < -0.3 is 15.4 Å². The van der Waals surface area contributed by atoms with Gasteiger partial charge in [0.05, 0.1) is 7.11 Å². The Morgan fingerprint density at radius 2 is 2.22 bits per heavy atom. The number of rotatable bonds is 5. The van der Waals surface area contributed by atoms with E-state index in [9.17, 15) is 9.18 Å². The van der Waals surface area contributed by atoms with Crippen molar-refractivity contribution in [3.8, 4) is 5.75 Å². The molecule has 0 heterocycles. The number of nitrogens with two attached hydrogens (primary N) is 1. The molecule has 18 heavy (non-hydrogen) atoms. The van der Waals surface area contributed by atoms with Gasteiger partial charge in [0.2, 0.25) is 5.91 Å². The average Bonchev–Trinajstić information content (AvgIpc) is 2.37. The van der Waals surface area contributed by atoms with Gasteiger partial charge in [0, 0.05) is 31.6 Å². The van der Waals surface area contributed by atoms with Crippen molar-refractivity contribution in [3.63, 3.8) is 0 Å². The standard InChI is InChI=1S/C13H19FN2O2/c1-9(7-15)13(17)16(2)8-10-6-11(14)4-5-12(10)18-3/h4-6,9H,7-8,15H2,1-3H3. The molecule has 1 atom stereocenters. The molecule has 4 nitrogen and oxygen atoms in total. The van der Waals surface area contributed by atoms with Crippen molar-refractivity contribution < 1.29 is 13.9 Å². The van der Waals surface area contributed by atoms with Crippen LogP contribution >= 0.6 is 0 Å². The molecule has 0 saturated carbocycles. The van der Waals surface area contributed by atoms with Crippen LogP contribution in [0, 0.1) is 11.7 Å². The number of carbonyl (C=O) groups is 1. The molecule has 0 fully saturated rings. The Bertz CT molecular complexity index is 423. The van der Waals surface area contributed by atoms with Crippen molar-refractivity contribution in [1.29, 1.82) is 0 Å². The molecule has 0 bridgehead atoms. The highest BCUT2D eigenvalue weighted by Crippen LogP contribution is 2.21. The van der Waals surface area contributed by atoms with E-state index >= 15 is 0 Å². The summed E-state index contributed by atoms with van der Waals surface area (Å²) in [5.41, 5.74) is 6.09. The Hall–Kier alpha value is -1.62. The molecule has 1 aromatic rings. The molecule has 1 aromatic carbocycles. The van der Waals surface area contributed by atoms with Gasteiger partial charge in [-0.05, 0) is 18.2 Å². The number of amides is 1. The predicted octanol–water partition coefficient (Wildman–Crippen LogP) is 1.39. The van der Waals surface area contributed by atoms with E-state index in [0.717, 1.165) is 0 Å². The van der Waals surface area contributed by atoms with Gasteiger partial charge in [-0.1, -0.05) is 6.92 Å². The van der Waals surface area contributed by atoms with Crippen molar-refractivity contribution >= 4 is 5.91 Å². The summed E-state index contributed by atoms with van der Waals surface area (Å²) in [6.45, 7) is 2.36. The number of methoxy groups -OCH3 is 1. The molecule has 1 amide bonds. The van der Waals surface area contributed by atoms with Crippen LogP contribution in [0.15, 0.2) is 18.2 Å². The largest absolute Gasteiger partial charge is 0.496 e. The molecule has 5 heteroatoms. The number of carbonyl (C=O) groups excluding carboxylic acids is 1. The summed E-state index contributed by atoms with van der Waals surface area (Å²) in [6, 6.07) is 4.25. The van der Waals surface area contributed by atoms with Gasteiger partial charge in [0.15, 0.2) is 0 Å². The molecule has 1 rings (SSSR count). The summed E-state index contributed by atoms with van der Waals surface area (Å²) in [7, 11) is 3.18. The normalized spacial score (nSPS) is 12.1. The second-order valence-corrected chi connectivity index (χ2v) is 4.29. The smallest absolute Gasteiger partial charge is 0.226 e. The SMILES string of the molecule is COc1ccc(F)cc1CN(C)C(=O)C(C)CN. The summed E-state index contributed by atoms with van der Waals surface area (Å²) in [5.74, 6) is -0.0895. The lowest BCUT2D eigenvalue weighted by atomic mass is 10.1. The fourth-order valence-electron chi connectivity index (χ4n) is 1.68. The fraction of sp³-hybridized carbons (Fsp3) is 0.462. The second-order valence-electron chi connectivity index (χ2n) is 4.29. The van der Waals surface area contributed by atoms with E-state index in [1.165, 1.54) is 24.1 Å². The number of hydrogen-bond donors (Lipinski definition) is 1. The summed E-state index contributed by atoms with van der Waals surface area (Å²) in [4.78, 5) is 13.4. The van der Waals surface area contributed by atoms with E-state index in [4.69, 9.17) is 10.5 Å². The van der Waals surface area contributed by atoms with Gasteiger partial charge in [-0.15, -0.1) is 0 Å². The first kappa shape index (κ1) is 14.4. The van der Waals surface area contributed by atoms with E-state index in [0.29, 0.717) is 24.4 Å². The van der Waals surface area contributed by atoms with Gasteiger partial charge in [0.25, 0.3) is 0 Å². The van der Waals surface area contributed by atoms with Gasteiger partial charge in [0.1, 0.15) is 11.6 Å². The highest BCUT2D eigenvalue weighted by molar-refractivity contribution is 5.78.